The van der Waals surface area contributed by atoms with Crippen LogP contribution in [0, 0.1) is 0 Å². The lowest BCUT2D eigenvalue weighted by atomic mass is 10.1. The SMILES string of the molecule is Cl.Nc1ncnc2nn(C3Cc4ccccc4C3)c(N3CCOCC3)c12. The number of halogens is 1. The van der Waals surface area contributed by atoms with Gasteiger partial charge in [-0.05, 0) is 24.0 Å². The maximum absolute atomic E-state index is 6.20. The van der Waals surface area contributed by atoms with E-state index in [0.717, 1.165) is 37.1 Å². The Bertz CT molecular complexity index is 912. The first-order chi connectivity index (χ1) is 12.3. The smallest absolute Gasteiger partial charge is 0.188 e. The van der Waals surface area contributed by atoms with Crippen LogP contribution in [0.15, 0.2) is 30.6 Å². The molecule has 1 saturated heterocycles. The maximum atomic E-state index is 6.20. The van der Waals surface area contributed by atoms with E-state index in [-0.39, 0.29) is 18.4 Å². The lowest BCUT2D eigenvalue weighted by Gasteiger charge is -2.30. The van der Waals surface area contributed by atoms with E-state index in [1.54, 1.807) is 0 Å². The van der Waals surface area contributed by atoms with E-state index in [1.807, 2.05) is 0 Å². The second-order valence-corrected chi connectivity index (χ2v) is 6.66. The van der Waals surface area contributed by atoms with Gasteiger partial charge in [-0.15, -0.1) is 17.5 Å². The molecular weight excluding hydrogens is 352 g/mol. The zero-order valence-electron chi connectivity index (χ0n) is 14.3. The zero-order valence-corrected chi connectivity index (χ0v) is 15.2. The van der Waals surface area contributed by atoms with Gasteiger partial charge in [0.15, 0.2) is 5.65 Å². The predicted molar refractivity (Wildman–Crippen MR) is 103 cm³/mol. The van der Waals surface area contributed by atoms with Crippen LogP contribution in [0.1, 0.15) is 17.2 Å². The number of benzene rings is 1. The molecule has 0 atom stereocenters. The molecule has 136 valence electrons. The topological polar surface area (TPSA) is 82.1 Å². The number of morpholine rings is 1. The molecule has 0 bridgehead atoms. The minimum Gasteiger partial charge on any atom is -0.383 e. The molecule has 1 aromatic carbocycles. The van der Waals surface area contributed by atoms with Crippen LogP contribution in [-0.2, 0) is 17.6 Å². The average Bonchev–Trinajstić information content (AvgIpc) is 3.24. The lowest BCUT2D eigenvalue weighted by Crippen LogP contribution is -2.38. The lowest BCUT2D eigenvalue weighted by molar-refractivity contribution is 0.122. The Morgan fingerprint density at radius 1 is 1.04 bits per heavy atom. The van der Waals surface area contributed by atoms with Crippen LogP contribution in [0.2, 0.25) is 0 Å². The zero-order chi connectivity index (χ0) is 16.8. The summed E-state index contributed by atoms with van der Waals surface area (Å²) >= 11 is 0. The van der Waals surface area contributed by atoms with Crippen LogP contribution in [-0.4, -0.2) is 46.1 Å². The number of rotatable bonds is 2. The molecule has 7 nitrogen and oxygen atoms in total. The third-order valence-corrected chi connectivity index (χ3v) is 5.19. The highest BCUT2D eigenvalue weighted by molar-refractivity contribution is 5.96. The van der Waals surface area contributed by atoms with Crippen molar-refractivity contribution in [3.63, 3.8) is 0 Å². The highest BCUT2D eigenvalue weighted by Crippen LogP contribution is 2.37. The molecule has 1 fully saturated rings. The highest BCUT2D eigenvalue weighted by Gasteiger charge is 2.30. The first kappa shape index (κ1) is 17.1. The van der Waals surface area contributed by atoms with Crippen LogP contribution >= 0.6 is 12.4 Å². The van der Waals surface area contributed by atoms with Gasteiger partial charge in [-0.2, -0.15) is 0 Å². The van der Waals surface area contributed by atoms with Gasteiger partial charge in [0, 0.05) is 13.1 Å². The fourth-order valence-corrected chi connectivity index (χ4v) is 3.99. The highest BCUT2D eigenvalue weighted by atomic mass is 35.5. The van der Waals surface area contributed by atoms with Crippen molar-refractivity contribution in [1.82, 2.24) is 19.7 Å². The number of aromatic nitrogens is 4. The molecule has 1 aliphatic carbocycles. The third kappa shape index (κ3) is 2.68. The molecule has 0 unspecified atom stereocenters. The van der Waals surface area contributed by atoms with Gasteiger partial charge in [-0.3, -0.25) is 0 Å². The van der Waals surface area contributed by atoms with Crippen LogP contribution < -0.4 is 10.6 Å². The molecule has 0 amide bonds. The number of nitrogens with two attached hydrogens (primary N) is 1. The van der Waals surface area contributed by atoms with Gasteiger partial charge in [0.1, 0.15) is 23.3 Å². The van der Waals surface area contributed by atoms with Crippen molar-refractivity contribution in [2.45, 2.75) is 18.9 Å². The Labute approximate surface area is 157 Å². The summed E-state index contributed by atoms with van der Waals surface area (Å²) in [6.07, 6.45) is 3.45. The monoisotopic (exact) mass is 372 g/mol. The number of ether oxygens (including phenoxy) is 1. The summed E-state index contributed by atoms with van der Waals surface area (Å²) in [6, 6.07) is 8.91. The molecule has 3 aromatic rings. The minimum atomic E-state index is 0. The molecule has 0 radical (unpaired) electrons. The standard InChI is InChI=1S/C18H20N6O.ClH/c19-16-15-17(21-11-20-16)22-24(18(15)23-5-7-25-8-6-23)14-9-12-3-1-2-4-13(12)10-14;/h1-4,11,14H,5-10H2,(H2,19,20,21,22);1H. The molecular formula is C18H21ClN6O. The van der Waals surface area contributed by atoms with E-state index in [4.69, 9.17) is 15.6 Å². The Morgan fingerprint density at radius 2 is 1.73 bits per heavy atom. The van der Waals surface area contributed by atoms with E-state index >= 15 is 0 Å². The normalized spacial score (nSPS) is 17.3. The van der Waals surface area contributed by atoms with Gasteiger partial charge in [0.25, 0.3) is 0 Å². The number of anilines is 2. The van der Waals surface area contributed by atoms with Crippen molar-refractivity contribution in [3.8, 4) is 0 Å². The van der Waals surface area contributed by atoms with Gasteiger partial charge >= 0.3 is 0 Å². The second-order valence-electron chi connectivity index (χ2n) is 6.66. The number of fused-ring (bicyclic) bond motifs is 2. The molecule has 0 saturated carbocycles. The molecule has 8 heteroatoms. The number of hydrogen-bond donors (Lipinski definition) is 1. The Kier molecular flexibility index (Phi) is 4.42. The van der Waals surface area contributed by atoms with Gasteiger partial charge in [-0.1, -0.05) is 24.3 Å². The Morgan fingerprint density at radius 3 is 2.42 bits per heavy atom. The number of nitrogens with zero attached hydrogens (tertiary/aromatic N) is 5. The third-order valence-electron chi connectivity index (χ3n) is 5.19. The summed E-state index contributed by atoms with van der Waals surface area (Å²) in [6.45, 7) is 3.08. The first-order valence-electron chi connectivity index (χ1n) is 8.69. The fourth-order valence-electron chi connectivity index (χ4n) is 3.99. The van der Waals surface area contributed by atoms with Crippen LogP contribution in [0.5, 0.6) is 0 Å². The van der Waals surface area contributed by atoms with Crippen molar-refractivity contribution in [2.75, 3.05) is 36.9 Å². The number of hydrogen-bond acceptors (Lipinski definition) is 6. The molecule has 0 spiro atoms. The Hall–Kier alpha value is -2.38. The Balaban J connectivity index is 0.00000168. The summed E-state index contributed by atoms with van der Waals surface area (Å²) in [7, 11) is 0. The van der Waals surface area contributed by atoms with Crippen LogP contribution in [0.3, 0.4) is 0 Å². The second kappa shape index (κ2) is 6.74. The fraction of sp³-hybridized carbons (Fsp3) is 0.389. The van der Waals surface area contributed by atoms with Crippen molar-refractivity contribution in [3.05, 3.63) is 41.7 Å². The summed E-state index contributed by atoms with van der Waals surface area (Å²) in [5.41, 5.74) is 9.67. The maximum Gasteiger partial charge on any atom is 0.188 e. The van der Waals surface area contributed by atoms with E-state index in [9.17, 15) is 0 Å². The first-order valence-corrected chi connectivity index (χ1v) is 8.69. The quantitative estimate of drug-likeness (QED) is 0.741. The van der Waals surface area contributed by atoms with Gasteiger partial charge in [0.05, 0.1) is 19.3 Å². The average molecular weight is 373 g/mol. The molecule has 2 aliphatic rings. The minimum absolute atomic E-state index is 0. The molecule has 5 rings (SSSR count). The van der Waals surface area contributed by atoms with Gasteiger partial charge in [-0.25, -0.2) is 14.6 Å². The summed E-state index contributed by atoms with van der Waals surface area (Å²) in [4.78, 5) is 10.9. The molecule has 1 aliphatic heterocycles. The summed E-state index contributed by atoms with van der Waals surface area (Å²) in [5.74, 6) is 1.53. The predicted octanol–water partition coefficient (Wildman–Crippen LogP) is 2.01. The summed E-state index contributed by atoms with van der Waals surface area (Å²) < 4.78 is 7.65. The van der Waals surface area contributed by atoms with Crippen molar-refractivity contribution < 1.29 is 4.74 Å². The molecule has 2 N–H and O–H groups in total. The van der Waals surface area contributed by atoms with Gasteiger partial charge in [0.2, 0.25) is 0 Å². The molecule has 26 heavy (non-hydrogen) atoms. The van der Waals surface area contributed by atoms with E-state index < -0.39 is 0 Å². The van der Waals surface area contributed by atoms with Crippen molar-refractivity contribution in [1.29, 1.82) is 0 Å². The molecule has 3 heterocycles. The largest absolute Gasteiger partial charge is 0.383 e. The van der Waals surface area contributed by atoms with E-state index in [0.29, 0.717) is 24.7 Å². The van der Waals surface area contributed by atoms with Crippen LogP contribution in [0.25, 0.3) is 11.0 Å². The van der Waals surface area contributed by atoms with Gasteiger partial charge < -0.3 is 15.4 Å². The van der Waals surface area contributed by atoms with Crippen LogP contribution in [0.4, 0.5) is 11.6 Å². The van der Waals surface area contributed by atoms with Crippen molar-refractivity contribution in [2.24, 2.45) is 0 Å². The van der Waals surface area contributed by atoms with Crippen molar-refractivity contribution >= 4 is 35.1 Å². The summed E-state index contributed by atoms with van der Waals surface area (Å²) in [5, 5.41) is 5.68. The van der Waals surface area contributed by atoms with E-state index in [2.05, 4.69) is 43.8 Å². The molecule has 2 aromatic heterocycles. The number of nitrogen functional groups attached to an aromatic ring is 1. The van der Waals surface area contributed by atoms with E-state index in [1.165, 1.54) is 17.5 Å².